The summed E-state index contributed by atoms with van der Waals surface area (Å²) < 4.78 is 5.55. The summed E-state index contributed by atoms with van der Waals surface area (Å²) >= 11 is 5.68. The Bertz CT molecular complexity index is 216. The summed E-state index contributed by atoms with van der Waals surface area (Å²) in [4.78, 5) is 11.3. The molecule has 1 rings (SSSR count). The van der Waals surface area contributed by atoms with Crippen LogP contribution in [0.1, 0.15) is 33.6 Å². The van der Waals surface area contributed by atoms with Crippen LogP contribution < -0.4 is 5.32 Å². The lowest BCUT2D eigenvalue weighted by Gasteiger charge is -2.35. The smallest absolute Gasteiger partial charge is 0.237 e. The number of carbonyl (C=O) groups is 1. The Hall–Kier alpha value is -0.280. The molecule has 3 nitrogen and oxygen atoms in total. The van der Waals surface area contributed by atoms with E-state index in [9.17, 15) is 4.79 Å². The van der Waals surface area contributed by atoms with E-state index in [0.29, 0.717) is 6.61 Å². The van der Waals surface area contributed by atoms with Gasteiger partial charge in [0.05, 0.1) is 5.60 Å². The van der Waals surface area contributed by atoms with Gasteiger partial charge in [-0.15, -0.1) is 11.6 Å². The summed E-state index contributed by atoms with van der Waals surface area (Å²) in [6.45, 7) is 6.46. The van der Waals surface area contributed by atoms with Crippen molar-refractivity contribution in [3.63, 3.8) is 0 Å². The molecule has 1 fully saturated rings. The molecule has 0 spiro atoms. The normalized spacial score (nSPS) is 28.1. The number of hydrogen-bond acceptors (Lipinski definition) is 2. The summed E-state index contributed by atoms with van der Waals surface area (Å²) in [7, 11) is 0. The van der Waals surface area contributed by atoms with Gasteiger partial charge in [-0.1, -0.05) is 0 Å². The van der Waals surface area contributed by atoms with Gasteiger partial charge in [0.25, 0.3) is 0 Å². The fourth-order valence-corrected chi connectivity index (χ4v) is 1.73. The summed E-state index contributed by atoms with van der Waals surface area (Å²) in [6.07, 6.45) is 1.72. The molecular weight excluding hydrogens is 202 g/mol. The third-order valence-electron chi connectivity index (χ3n) is 2.40. The molecule has 1 N–H and O–H groups in total. The Morgan fingerprint density at radius 2 is 2.29 bits per heavy atom. The average Bonchev–Trinajstić information content (AvgIpc) is 2.01. The van der Waals surface area contributed by atoms with E-state index in [1.54, 1.807) is 6.92 Å². The van der Waals surface area contributed by atoms with Crippen LogP contribution in [0.15, 0.2) is 0 Å². The molecule has 14 heavy (non-hydrogen) atoms. The Morgan fingerprint density at radius 1 is 1.64 bits per heavy atom. The molecule has 0 saturated carbocycles. The Labute approximate surface area is 90.1 Å². The van der Waals surface area contributed by atoms with E-state index in [1.165, 1.54) is 0 Å². The molecule has 0 aromatic heterocycles. The molecule has 2 atom stereocenters. The van der Waals surface area contributed by atoms with Crippen LogP contribution in [0.3, 0.4) is 0 Å². The Kier molecular flexibility index (Phi) is 3.78. The molecule has 82 valence electrons. The maximum absolute atomic E-state index is 11.3. The molecule has 1 heterocycles. The van der Waals surface area contributed by atoms with Crippen molar-refractivity contribution in [1.29, 1.82) is 0 Å². The fourth-order valence-electron chi connectivity index (χ4n) is 1.67. The number of hydrogen-bond donors (Lipinski definition) is 1. The van der Waals surface area contributed by atoms with Crippen LogP contribution in [-0.4, -0.2) is 29.5 Å². The highest BCUT2D eigenvalue weighted by Gasteiger charge is 2.30. The molecule has 1 aliphatic heterocycles. The van der Waals surface area contributed by atoms with Crippen LogP contribution in [0, 0.1) is 0 Å². The second-order valence-corrected chi connectivity index (χ2v) is 5.08. The van der Waals surface area contributed by atoms with Crippen molar-refractivity contribution < 1.29 is 9.53 Å². The van der Waals surface area contributed by atoms with E-state index in [4.69, 9.17) is 16.3 Å². The first-order valence-corrected chi connectivity index (χ1v) is 5.43. The molecule has 0 radical (unpaired) electrons. The molecule has 1 saturated heterocycles. The van der Waals surface area contributed by atoms with Gasteiger partial charge in [0.2, 0.25) is 5.91 Å². The zero-order chi connectivity index (χ0) is 10.8. The summed E-state index contributed by atoms with van der Waals surface area (Å²) in [5, 5.41) is 2.47. The number of halogens is 1. The summed E-state index contributed by atoms with van der Waals surface area (Å²) in [6, 6.07) is 0.201. The first-order valence-electron chi connectivity index (χ1n) is 4.99. The minimum atomic E-state index is -0.457. The second kappa shape index (κ2) is 4.49. The second-order valence-electron chi connectivity index (χ2n) is 4.42. The lowest BCUT2D eigenvalue weighted by molar-refractivity contribution is -0.123. The zero-order valence-corrected chi connectivity index (χ0v) is 9.73. The fraction of sp³-hybridized carbons (Fsp3) is 0.900. The highest BCUT2D eigenvalue weighted by Crippen LogP contribution is 2.23. The minimum absolute atomic E-state index is 0.0885. The summed E-state index contributed by atoms with van der Waals surface area (Å²) in [5.74, 6) is -0.0885. The van der Waals surface area contributed by atoms with Gasteiger partial charge in [-0.25, -0.2) is 0 Å². The predicted molar refractivity (Wildman–Crippen MR) is 56.5 cm³/mol. The number of alkyl halides is 1. The number of nitrogens with one attached hydrogen (secondary N) is 1. The average molecular weight is 220 g/mol. The van der Waals surface area contributed by atoms with Gasteiger partial charge >= 0.3 is 0 Å². The molecule has 4 heteroatoms. The van der Waals surface area contributed by atoms with Crippen molar-refractivity contribution in [1.82, 2.24) is 5.32 Å². The molecule has 0 aromatic rings. The van der Waals surface area contributed by atoms with E-state index in [-0.39, 0.29) is 17.6 Å². The maximum Gasteiger partial charge on any atom is 0.237 e. The Balaban J connectivity index is 2.42. The zero-order valence-electron chi connectivity index (χ0n) is 8.97. The highest BCUT2D eigenvalue weighted by molar-refractivity contribution is 6.30. The van der Waals surface area contributed by atoms with Gasteiger partial charge in [0.15, 0.2) is 0 Å². The van der Waals surface area contributed by atoms with Gasteiger partial charge in [-0.3, -0.25) is 4.79 Å². The first kappa shape index (κ1) is 11.8. The molecule has 2 unspecified atom stereocenters. The van der Waals surface area contributed by atoms with Crippen LogP contribution in [0.25, 0.3) is 0 Å². The SMILES string of the molecule is CC(Cl)C(=O)NC1CCOC(C)(C)C1. The van der Waals surface area contributed by atoms with Crippen molar-refractivity contribution in [3.05, 3.63) is 0 Å². The van der Waals surface area contributed by atoms with Gasteiger partial charge in [-0.05, 0) is 33.6 Å². The number of amides is 1. The van der Waals surface area contributed by atoms with E-state index in [0.717, 1.165) is 12.8 Å². The molecule has 1 amide bonds. The van der Waals surface area contributed by atoms with Gasteiger partial charge < -0.3 is 10.1 Å². The largest absolute Gasteiger partial charge is 0.375 e. The van der Waals surface area contributed by atoms with Crippen molar-refractivity contribution in [2.45, 2.75) is 50.6 Å². The van der Waals surface area contributed by atoms with Crippen molar-refractivity contribution in [2.75, 3.05) is 6.61 Å². The highest BCUT2D eigenvalue weighted by atomic mass is 35.5. The number of ether oxygens (including phenoxy) is 1. The van der Waals surface area contributed by atoms with E-state index < -0.39 is 5.38 Å². The van der Waals surface area contributed by atoms with Crippen molar-refractivity contribution >= 4 is 17.5 Å². The molecule has 0 aromatic carbocycles. The molecule has 0 bridgehead atoms. The number of rotatable bonds is 2. The van der Waals surface area contributed by atoms with E-state index in [2.05, 4.69) is 5.32 Å². The Morgan fingerprint density at radius 3 is 2.79 bits per heavy atom. The third-order valence-corrected chi connectivity index (χ3v) is 2.60. The van der Waals surface area contributed by atoms with Crippen molar-refractivity contribution in [3.8, 4) is 0 Å². The number of carbonyl (C=O) groups excluding carboxylic acids is 1. The molecule has 0 aliphatic carbocycles. The monoisotopic (exact) mass is 219 g/mol. The lowest BCUT2D eigenvalue weighted by atomic mass is 9.94. The third kappa shape index (κ3) is 3.46. The van der Waals surface area contributed by atoms with Gasteiger partial charge in [0, 0.05) is 12.6 Å². The van der Waals surface area contributed by atoms with Gasteiger partial charge in [-0.2, -0.15) is 0 Å². The van der Waals surface area contributed by atoms with E-state index >= 15 is 0 Å². The molecule has 1 aliphatic rings. The van der Waals surface area contributed by atoms with Crippen LogP contribution in [0.4, 0.5) is 0 Å². The maximum atomic E-state index is 11.3. The van der Waals surface area contributed by atoms with Gasteiger partial charge in [0.1, 0.15) is 5.38 Å². The standard InChI is InChI=1S/C10H18ClNO2/c1-7(11)9(13)12-8-4-5-14-10(2,3)6-8/h7-8H,4-6H2,1-3H3,(H,12,13). The summed E-state index contributed by atoms with van der Waals surface area (Å²) in [5.41, 5.74) is -0.133. The predicted octanol–water partition coefficient (Wildman–Crippen LogP) is 1.69. The first-order chi connectivity index (χ1) is 6.41. The minimum Gasteiger partial charge on any atom is -0.375 e. The lowest BCUT2D eigenvalue weighted by Crippen LogP contribution is -2.47. The quantitative estimate of drug-likeness (QED) is 0.718. The van der Waals surface area contributed by atoms with Crippen LogP contribution in [-0.2, 0) is 9.53 Å². The van der Waals surface area contributed by atoms with E-state index in [1.807, 2.05) is 13.8 Å². The van der Waals surface area contributed by atoms with Crippen LogP contribution >= 0.6 is 11.6 Å². The topological polar surface area (TPSA) is 38.3 Å². The van der Waals surface area contributed by atoms with Crippen molar-refractivity contribution in [2.24, 2.45) is 0 Å². The molecular formula is C10H18ClNO2. The van der Waals surface area contributed by atoms with Crippen LogP contribution in [0.5, 0.6) is 0 Å². The van der Waals surface area contributed by atoms with Crippen LogP contribution in [0.2, 0.25) is 0 Å².